The van der Waals surface area contributed by atoms with Gasteiger partial charge in [0, 0.05) is 61.8 Å². The second-order valence-electron chi connectivity index (χ2n) is 31.9. The van der Waals surface area contributed by atoms with Crippen LogP contribution in [0, 0.1) is 34.6 Å². The molecule has 0 aliphatic carbocycles. The topological polar surface area (TPSA) is 352 Å². The Morgan fingerprint density at radius 1 is 0.477 bits per heavy atom. The minimum absolute atomic E-state index is 0. The number of unbranched alkanes of at least 4 members (excludes halogenated alkanes) is 3. The molecule has 7 aromatic heterocycles. The molecule has 0 fully saturated rings. The van der Waals surface area contributed by atoms with E-state index in [1.165, 1.54) is 58.9 Å². The number of aromatic nitrogens is 14. The van der Waals surface area contributed by atoms with E-state index in [-0.39, 0.29) is 59.0 Å². The van der Waals surface area contributed by atoms with Crippen LogP contribution in [0.5, 0.6) is 5.75 Å². The van der Waals surface area contributed by atoms with Crippen molar-refractivity contribution in [3.05, 3.63) is 262 Å². The van der Waals surface area contributed by atoms with Gasteiger partial charge in [-0.15, -0.1) is 12.4 Å². The van der Waals surface area contributed by atoms with Gasteiger partial charge in [-0.05, 0) is 196 Å². The number of halogens is 2. The third-order valence-electron chi connectivity index (χ3n) is 21.1. The number of aryl methyl sites for hydroxylation is 8. The average Bonchev–Trinajstić information content (AvgIpc) is 1.15. The second kappa shape index (κ2) is 50.3. The molecule has 0 atom stereocenters. The minimum atomic E-state index is -3.59. The first-order valence-corrected chi connectivity index (χ1v) is 53.2. The van der Waals surface area contributed by atoms with Crippen LogP contribution in [0.1, 0.15) is 193 Å². The fraction of sp³-hybridized carbons (Fsp3) is 0.354. The Balaban J connectivity index is 0.000000221. The van der Waals surface area contributed by atoms with Gasteiger partial charge in [0.15, 0.2) is 5.75 Å². The van der Waals surface area contributed by atoms with Gasteiger partial charge in [0.1, 0.15) is 0 Å². The van der Waals surface area contributed by atoms with Crippen molar-refractivity contribution < 1.29 is 56.1 Å². The normalized spacial score (nSPS) is 10.9. The number of nitrogens with one attached hydrogen (secondary N) is 3. The Labute approximate surface area is 781 Å². The number of benzene rings is 6. The summed E-state index contributed by atoms with van der Waals surface area (Å²) in [6, 6.07) is 32.3. The molecule has 130 heavy (non-hydrogen) atoms. The van der Waals surface area contributed by atoms with Crippen LogP contribution in [-0.4, -0.2) is 164 Å². The number of ether oxygens (including phenoxy) is 5. The number of rotatable bonds is 30. The Hall–Kier alpha value is -12.0. The molecule has 0 aliphatic heterocycles. The number of nitrogen functional groups attached to an aromatic ring is 1. The first-order chi connectivity index (χ1) is 61.6. The number of imidazole rings is 3. The molecule has 13 aromatic rings. The fourth-order valence-corrected chi connectivity index (χ4v) is 31.3. The van der Waals surface area contributed by atoms with E-state index in [0.717, 1.165) is 95.1 Å². The molecule has 0 saturated heterocycles. The summed E-state index contributed by atoms with van der Waals surface area (Å²) in [6.07, 6.45) is 35.1. The fourth-order valence-electron chi connectivity index (χ4n) is 14.0. The molecule has 1 amide bonds. The molecule has 30 nitrogen and oxygen atoms in total. The summed E-state index contributed by atoms with van der Waals surface area (Å²) in [5, 5.41) is 20.2. The molecule has 0 saturated carbocycles. The van der Waals surface area contributed by atoms with Gasteiger partial charge in [-0.25, -0.2) is 56.3 Å². The van der Waals surface area contributed by atoms with Gasteiger partial charge in [0.25, 0.3) is 5.91 Å². The number of nitrogens with zero attached hydrogens (tertiary/aromatic N) is 14. The van der Waals surface area contributed by atoms with Crippen LogP contribution in [0.15, 0.2) is 201 Å². The Kier molecular flexibility index (Phi) is 40.6. The predicted molar refractivity (Wildman–Crippen MR) is 521 cm³/mol. The van der Waals surface area contributed by atoms with Crippen LogP contribution in [0.2, 0.25) is 13.3 Å². The number of sulfonamides is 1. The Morgan fingerprint density at radius 3 is 1.22 bits per heavy atom. The molecule has 694 valence electrons. The van der Waals surface area contributed by atoms with Gasteiger partial charge in [-0.2, -0.15) is 20.4 Å². The zero-order chi connectivity index (χ0) is 94.3. The number of hydrogen-bond acceptors (Lipinski definition) is 21. The number of hydrogen-bond donors (Lipinski definition) is 4. The number of carbonyl (C=O) groups is 5. The van der Waals surface area contributed by atoms with Gasteiger partial charge < -0.3 is 43.6 Å². The Morgan fingerprint density at radius 2 is 0.862 bits per heavy atom. The van der Waals surface area contributed by atoms with E-state index in [4.69, 9.17) is 29.5 Å². The molecule has 6 aromatic carbocycles. The third kappa shape index (κ3) is 29.3. The number of esters is 4. The summed E-state index contributed by atoms with van der Waals surface area (Å²) in [6.45, 7) is 31.4. The number of nitrogens with two attached hydrogens (primary N) is 1. The molecule has 5 N–H and O–H groups in total. The summed E-state index contributed by atoms with van der Waals surface area (Å²) in [4.78, 5) is 72.7. The smallest absolute Gasteiger partial charge is 0.338 e. The van der Waals surface area contributed by atoms with Crippen LogP contribution in [0.4, 0.5) is 17.1 Å². The largest absolute Gasteiger partial charge is 0.492 e. The van der Waals surface area contributed by atoms with Crippen molar-refractivity contribution in [1.29, 1.82) is 0 Å². The van der Waals surface area contributed by atoms with Gasteiger partial charge >= 0.3 is 148 Å². The van der Waals surface area contributed by atoms with Gasteiger partial charge in [0.05, 0.1) is 161 Å². The van der Waals surface area contributed by atoms with E-state index in [0.29, 0.717) is 59.9 Å². The van der Waals surface area contributed by atoms with Gasteiger partial charge in [0.2, 0.25) is 10.0 Å². The summed E-state index contributed by atoms with van der Waals surface area (Å²) in [5.41, 5.74) is 19.0. The molecule has 7 heterocycles. The number of amides is 1. The van der Waals surface area contributed by atoms with Crippen molar-refractivity contribution in [1.82, 2.24) is 67.8 Å². The maximum atomic E-state index is 13.4. The first kappa shape index (κ1) is 105. The molecule has 0 aliphatic rings. The molecule has 0 bridgehead atoms. The molecular weight excluding hydrogens is 1860 g/mol. The van der Waals surface area contributed by atoms with Crippen molar-refractivity contribution in [2.24, 2.45) is 27.0 Å². The van der Waals surface area contributed by atoms with E-state index < -0.39 is 28.4 Å². The monoisotopic (exact) mass is 1990 g/mol. The van der Waals surface area contributed by atoms with Crippen LogP contribution < -0.4 is 29.8 Å². The SMILES string of the molecule is CCC[CH2][Sn]([CH2]CCC)([CH2]CCC)[c]1cncn1C.CCOC(=O)c1ccc(C)c(-n2cc(-c3cncn3C)cn2)c1.CCOC(=O)c1ccc(C)c(-n2cc(Br)cn2)c1.CCOC(=O)c1ccc(C)c(-n2cccn2)c1.CCOC(=O)c1ccc(C)c(NN)c1.COc1c(NC(=O)c2ccc(C)c(-n3cc(-c4cncn4C)cn3)c2)cc(C(C)(C)C)cc1NS(C)(=O)=O.Cl. The minimum Gasteiger partial charge on any atom is -0.492 e. The van der Waals surface area contributed by atoms with Crippen molar-refractivity contribution >= 4 is 107 Å². The van der Waals surface area contributed by atoms with E-state index in [1.807, 2.05) is 146 Å². The molecule has 0 radical (unpaired) electrons. The maximum Gasteiger partial charge on any atom is 0.338 e. The molecule has 0 unspecified atom stereocenters. The van der Waals surface area contributed by atoms with Crippen molar-refractivity contribution in [2.75, 3.05) is 55.3 Å². The van der Waals surface area contributed by atoms with Crippen molar-refractivity contribution in [3.8, 4) is 51.0 Å². The molecule has 0 spiro atoms. The van der Waals surface area contributed by atoms with E-state index in [1.54, 1.807) is 173 Å². The van der Waals surface area contributed by atoms with E-state index in [9.17, 15) is 32.4 Å². The first-order valence-electron chi connectivity index (χ1n) is 43.0. The zero-order valence-electron chi connectivity index (χ0n) is 78.1. The van der Waals surface area contributed by atoms with Crippen molar-refractivity contribution in [3.63, 3.8) is 0 Å². The molecular formula is C96H124BrClN18O12SSn. The number of carbonyl (C=O) groups excluding carboxylic acids is 5. The van der Waals surface area contributed by atoms with Crippen molar-refractivity contribution in [2.45, 2.75) is 161 Å². The number of anilines is 3. The average molecular weight is 1990 g/mol. The third-order valence-corrected chi connectivity index (χ3v) is 37.8. The standard InChI is InChI=1S/C27H32N6O4S.C17H18N4O2.C13H13BrN2O2.C13H14N2O2.C10H14N2O2.C4H5N2.3C4H9.ClH.Sn/c1-17-8-9-18(10-23(17)33-15-19(13-29-33)24-14-28-16-32(24)5)26(34)30-21-11-20(27(2,3)4)12-22(25(21)37-6)31-38(7,35)36;1-4-23-17(22)13-6-5-12(2)15(7-13)21-10-14(8-19-21)16-9-18-11-20(16)3;1-3-18-13(17)10-5-4-9(2)12(6-10)16-8-11(14)7-15-16;1-3-17-13(16)11-6-5-10(2)12(9-11)15-8-4-7-14-15;1-3-14-10(13)8-5-4-7(2)9(6-8)12-11;1-6-3-2-5-4-6;3*1-3-4-2;;/h8-16,31H,1-7H3,(H,30,34);5-11H,4H2,1-3H3;4-8H,3H2,1-2H3;4-9H,3H2,1-2H3;4-6,12H,3,11H2,1-2H3;2,4H,1H3;3*1,3-4H2,2H3;1H;. The quantitative estimate of drug-likeness (QED) is 0.0107. The summed E-state index contributed by atoms with van der Waals surface area (Å²) in [7, 11) is 3.90. The van der Waals surface area contributed by atoms with Crippen LogP contribution in [-0.2, 0) is 55.5 Å². The van der Waals surface area contributed by atoms with Gasteiger partial charge in [-0.3, -0.25) is 15.4 Å². The predicted octanol–water partition coefficient (Wildman–Crippen LogP) is 19.1. The van der Waals surface area contributed by atoms with Crippen LogP contribution in [0.3, 0.4) is 0 Å². The summed E-state index contributed by atoms with van der Waals surface area (Å²) in [5.74, 6) is 3.86. The van der Waals surface area contributed by atoms with Crippen LogP contribution >= 0.6 is 28.3 Å². The molecule has 13 rings (SSSR count). The van der Waals surface area contributed by atoms with Crippen LogP contribution in [0.25, 0.3) is 45.3 Å². The number of methoxy groups -OCH3 is 1. The summed E-state index contributed by atoms with van der Waals surface area (Å²) < 4.78 is 72.2. The molecule has 34 heteroatoms. The van der Waals surface area contributed by atoms with E-state index >= 15 is 0 Å². The maximum absolute atomic E-state index is 13.4. The number of hydrazine groups is 1. The van der Waals surface area contributed by atoms with Gasteiger partial charge in [-0.1, -0.05) is 51.1 Å². The second-order valence-corrected chi connectivity index (χ2v) is 47.6. The zero-order valence-corrected chi connectivity index (χ0v) is 84.2. The summed E-state index contributed by atoms with van der Waals surface area (Å²) >= 11 is 1.16. The Bertz CT molecular complexity index is 5990. The van der Waals surface area contributed by atoms with E-state index in [2.05, 4.69) is 105 Å².